The van der Waals surface area contributed by atoms with Crippen LogP contribution in [0.2, 0.25) is 0 Å². The number of alkyl halides is 3. The second kappa shape index (κ2) is 13.7. The monoisotopic (exact) mass is 655 g/mol. The zero-order chi connectivity index (χ0) is 33.0. The third kappa shape index (κ3) is 8.95. The molecule has 45 heavy (non-hydrogen) atoms. The maximum absolute atomic E-state index is 14.0. The van der Waals surface area contributed by atoms with Crippen molar-refractivity contribution in [3.05, 3.63) is 65.7 Å². The molecule has 2 aliphatic heterocycles. The highest BCUT2D eigenvalue weighted by Crippen LogP contribution is 2.31. The maximum Gasteiger partial charge on any atom is 0.417 e. The largest absolute Gasteiger partial charge is 0.444 e. The molecule has 2 saturated heterocycles. The minimum absolute atomic E-state index is 0.0224. The van der Waals surface area contributed by atoms with E-state index in [1.807, 2.05) is 6.07 Å². The van der Waals surface area contributed by atoms with Gasteiger partial charge in [0.2, 0.25) is 0 Å². The standard InChI is InChI=1S/C30H36F3N3O8S/c1-29(2,3)43-27(38)35-18-23(44-45(40,41)24-12-9-21(10-13-24)30(31,32)33)11-14-25(35)26(37)36(22-15-16-34-17-22)28(39)42-19-20-7-5-4-6-8-20/h4-10,12-13,22-23,25,34H,11,14-19H2,1-3H3/t22?,23-,25-/m0/s1. The molecule has 4 rings (SSSR count). The average molecular weight is 656 g/mol. The van der Waals surface area contributed by atoms with Gasteiger partial charge in [0.25, 0.3) is 16.0 Å². The van der Waals surface area contributed by atoms with Crippen LogP contribution in [0.3, 0.4) is 0 Å². The Bertz CT molecular complexity index is 1460. The third-order valence-corrected chi connectivity index (χ3v) is 8.60. The number of halogens is 3. The van der Waals surface area contributed by atoms with Gasteiger partial charge < -0.3 is 14.8 Å². The highest BCUT2D eigenvalue weighted by atomic mass is 32.2. The number of carbonyl (C=O) groups excluding carboxylic acids is 3. The number of hydrogen-bond acceptors (Lipinski definition) is 9. The van der Waals surface area contributed by atoms with E-state index in [-0.39, 0.29) is 19.4 Å². The molecule has 0 saturated carbocycles. The van der Waals surface area contributed by atoms with Crippen molar-refractivity contribution in [1.29, 1.82) is 0 Å². The molecule has 0 radical (unpaired) electrons. The molecule has 0 aliphatic carbocycles. The van der Waals surface area contributed by atoms with Crippen molar-refractivity contribution in [3.63, 3.8) is 0 Å². The summed E-state index contributed by atoms with van der Waals surface area (Å²) in [6.45, 7) is 5.24. The summed E-state index contributed by atoms with van der Waals surface area (Å²) in [6.07, 6.45) is -7.27. The minimum atomic E-state index is -4.65. The molecule has 2 aromatic carbocycles. The van der Waals surface area contributed by atoms with Gasteiger partial charge in [-0.2, -0.15) is 21.6 Å². The van der Waals surface area contributed by atoms with E-state index < -0.39 is 75.2 Å². The smallest absolute Gasteiger partial charge is 0.417 e. The van der Waals surface area contributed by atoms with E-state index in [1.54, 1.807) is 45.0 Å². The van der Waals surface area contributed by atoms with Crippen LogP contribution in [0.25, 0.3) is 0 Å². The molecule has 1 unspecified atom stereocenters. The molecule has 2 fully saturated rings. The van der Waals surface area contributed by atoms with Crippen molar-refractivity contribution in [2.24, 2.45) is 0 Å². The predicted molar refractivity (Wildman–Crippen MR) is 154 cm³/mol. The van der Waals surface area contributed by atoms with Gasteiger partial charge >= 0.3 is 18.4 Å². The number of nitrogens with zero attached hydrogens (tertiary/aromatic N) is 2. The maximum atomic E-state index is 14.0. The highest BCUT2D eigenvalue weighted by molar-refractivity contribution is 7.86. The molecule has 2 aromatic rings. The highest BCUT2D eigenvalue weighted by Gasteiger charge is 2.45. The lowest BCUT2D eigenvalue weighted by molar-refractivity contribution is -0.139. The van der Waals surface area contributed by atoms with Crippen LogP contribution in [0.5, 0.6) is 0 Å². The van der Waals surface area contributed by atoms with Gasteiger partial charge in [0.15, 0.2) is 0 Å². The van der Waals surface area contributed by atoms with Crippen LogP contribution < -0.4 is 5.32 Å². The fourth-order valence-corrected chi connectivity index (χ4v) is 6.16. The number of likely N-dealkylation sites (tertiary alicyclic amines) is 1. The van der Waals surface area contributed by atoms with Gasteiger partial charge in [-0.3, -0.25) is 13.9 Å². The van der Waals surface area contributed by atoms with Crippen molar-refractivity contribution in [1.82, 2.24) is 15.1 Å². The van der Waals surface area contributed by atoms with Crippen molar-refractivity contribution in [2.75, 3.05) is 19.6 Å². The van der Waals surface area contributed by atoms with Gasteiger partial charge in [-0.1, -0.05) is 30.3 Å². The molecule has 3 atom stereocenters. The van der Waals surface area contributed by atoms with E-state index in [0.717, 1.165) is 21.9 Å². The number of piperidine rings is 1. The fraction of sp³-hybridized carbons (Fsp3) is 0.500. The molecular weight excluding hydrogens is 619 g/mol. The molecule has 246 valence electrons. The number of imide groups is 1. The Hall–Kier alpha value is -3.69. The summed E-state index contributed by atoms with van der Waals surface area (Å²) in [5, 5.41) is 3.11. The zero-order valence-electron chi connectivity index (χ0n) is 25.1. The zero-order valence-corrected chi connectivity index (χ0v) is 25.9. The van der Waals surface area contributed by atoms with Crippen LogP contribution in [0.15, 0.2) is 59.5 Å². The number of amides is 3. The topological polar surface area (TPSA) is 132 Å². The van der Waals surface area contributed by atoms with Gasteiger partial charge in [0.1, 0.15) is 18.2 Å². The Labute approximate surface area is 259 Å². The van der Waals surface area contributed by atoms with Crippen molar-refractivity contribution in [3.8, 4) is 0 Å². The molecule has 0 bridgehead atoms. The van der Waals surface area contributed by atoms with E-state index in [2.05, 4.69) is 5.32 Å². The Morgan fingerprint density at radius 1 is 0.978 bits per heavy atom. The lowest BCUT2D eigenvalue weighted by atomic mass is 9.98. The summed E-state index contributed by atoms with van der Waals surface area (Å²) < 4.78 is 81.1. The number of hydrogen-bond donors (Lipinski definition) is 1. The second-order valence-electron chi connectivity index (χ2n) is 11.8. The fourth-order valence-electron chi connectivity index (χ4n) is 5.07. The summed E-state index contributed by atoms with van der Waals surface area (Å²) >= 11 is 0. The molecular formula is C30H36F3N3O8S. The van der Waals surface area contributed by atoms with E-state index in [9.17, 15) is 36.0 Å². The Balaban J connectivity index is 1.55. The van der Waals surface area contributed by atoms with Crippen LogP contribution >= 0.6 is 0 Å². The van der Waals surface area contributed by atoms with Crippen molar-refractivity contribution in [2.45, 2.75) is 81.5 Å². The molecule has 0 aromatic heterocycles. The average Bonchev–Trinajstić information content (AvgIpc) is 3.49. The third-order valence-electron chi connectivity index (χ3n) is 7.22. The first-order valence-electron chi connectivity index (χ1n) is 14.4. The summed E-state index contributed by atoms with van der Waals surface area (Å²) in [6, 6.07) is 9.97. The van der Waals surface area contributed by atoms with E-state index in [0.29, 0.717) is 37.2 Å². The number of carbonyl (C=O) groups is 3. The van der Waals surface area contributed by atoms with Gasteiger partial charge in [-0.05, 0) is 76.4 Å². The van der Waals surface area contributed by atoms with Crippen LogP contribution in [-0.2, 0) is 41.4 Å². The molecule has 2 aliphatic rings. The van der Waals surface area contributed by atoms with Crippen LogP contribution in [0.1, 0.15) is 51.2 Å². The van der Waals surface area contributed by atoms with Gasteiger partial charge in [-0.15, -0.1) is 0 Å². The molecule has 11 nitrogen and oxygen atoms in total. The Morgan fingerprint density at radius 3 is 2.22 bits per heavy atom. The number of ether oxygens (including phenoxy) is 2. The molecule has 3 amide bonds. The van der Waals surface area contributed by atoms with E-state index in [1.165, 1.54) is 0 Å². The minimum Gasteiger partial charge on any atom is -0.444 e. The number of rotatable bonds is 7. The summed E-state index contributed by atoms with van der Waals surface area (Å²) in [4.78, 5) is 42.3. The first-order valence-corrected chi connectivity index (χ1v) is 15.8. The normalized spacial score (nSPS) is 20.8. The second-order valence-corrected chi connectivity index (χ2v) is 13.4. The van der Waals surface area contributed by atoms with Crippen LogP contribution in [0, 0.1) is 0 Å². The number of benzene rings is 2. The summed E-state index contributed by atoms with van der Waals surface area (Å²) in [5.41, 5.74) is -1.29. The van der Waals surface area contributed by atoms with Gasteiger partial charge in [0.05, 0.1) is 29.1 Å². The number of nitrogens with one attached hydrogen (secondary N) is 1. The molecule has 1 N–H and O–H groups in total. The Kier molecular flexibility index (Phi) is 10.4. The van der Waals surface area contributed by atoms with Gasteiger partial charge in [-0.25, -0.2) is 14.5 Å². The van der Waals surface area contributed by atoms with E-state index >= 15 is 0 Å². The summed E-state index contributed by atoms with van der Waals surface area (Å²) in [7, 11) is -4.54. The lowest BCUT2D eigenvalue weighted by Gasteiger charge is -2.40. The lowest BCUT2D eigenvalue weighted by Crippen LogP contribution is -2.60. The molecule has 0 spiro atoms. The molecule has 15 heteroatoms. The van der Waals surface area contributed by atoms with E-state index in [4.69, 9.17) is 13.7 Å². The SMILES string of the molecule is CC(C)(C)OC(=O)N1C[C@@H](OS(=O)(=O)c2ccc(C(F)(F)F)cc2)CC[C@H]1C(=O)N(C(=O)OCc1ccccc1)C1CCNC1. The van der Waals surface area contributed by atoms with Crippen molar-refractivity contribution >= 4 is 28.2 Å². The van der Waals surface area contributed by atoms with Gasteiger partial charge in [0, 0.05) is 6.54 Å². The first-order chi connectivity index (χ1) is 21.0. The quantitative estimate of drug-likeness (QED) is 0.422. The van der Waals surface area contributed by atoms with Crippen LogP contribution in [-0.4, -0.2) is 79.7 Å². The van der Waals surface area contributed by atoms with Crippen LogP contribution in [0.4, 0.5) is 22.8 Å². The van der Waals surface area contributed by atoms with Crippen molar-refractivity contribution < 1.29 is 49.6 Å². The summed E-state index contributed by atoms with van der Waals surface area (Å²) in [5.74, 6) is -0.711. The first kappa shape index (κ1) is 34.2. The Morgan fingerprint density at radius 2 is 1.64 bits per heavy atom. The molecule has 2 heterocycles. The predicted octanol–water partition coefficient (Wildman–Crippen LogP) is 4.71.